The number of hydrogen-bond acceptors (Lipinski definition) is 3. The molecule has 4 heteroatoms. The van der Waals surface area contributed by atoms with Gasteiger partial charge in [-0.15, -0.1) is 0 Å². The first-order chi connectivity index (χ1) is 2.89. The molecule has 1 aromatic heterocycles. The summed E-state index contributed by atoms with van der Waals surface area (Å²) in [6.45, 7) is 0. The van der Waals surface area contributed by atoms with E-state index in [1.165, 1.54) is 11.7 Å². The zero-order valence-electron chi connectivity index (χ0n) is 2.76. The Morgan fingerprint density at radius 1 is 1.83 bits per heavy atom. The summed E-state index contributed by atoms with van der Waals surface area (Å²) < 4.78 is 8.28. The maximum absolute atomic E-state index is 3.76. The Morgan fingerprint density at radius 3 is 2.83 bits per heavy atom. The van der Waals surface area contributed by atoms with Gasteiger partial charge in [0.25, 0.3) is 0 Å². The van der Waals surface area contributed by atoms with Crippen LogP contribution in [0.2, 0.25) is 0 Å². The number of hydrogen-bond donors (Lipinski definition) is 0. The lowest BCUT2D eigenvalue weighted by Crippen LogP contribution is -1.47. The molecule has 0 aliphatic carbocycles. The number of nitrogens with zero attached hydrogens (tertiary/aromatic N) is 2. The second-order valence-electron chi connectivity index (χ2n) is 0.730. The Kier molecular flexibility index (Phi) is 1.16. The Bertz CT molecular complexity index is 115. The van der Waals surface area contributed by atoms with Gasteiger partial charge in [-0.05, 0) is 15.9 Å². The molecule has 0 atom stereocenters. The Labute approximate surface area is 47.7 Å². The maximum Gasteiger partial charge on any atom is 0.139 e. The summed E-state index contributed by atoms with van der Waals surface area (Å²) in [5, 5.41) is 0. The molecule has 0 unspecified atom stereocenters. The summed E-state index contributed by atoms with van der Waals surface area (Å²) in [7, 11) is 0. The monoisotopic (exact) mass is 164 g/mol. The molecule has 0 fully saturated rings. The summed E-state index contributed by atoms with van der Waals surface area (Å²) in [6.07, 6.45) is 1.66. The largest absolute Gasteiger partial charge is 0.180 e. The third kappa shape index (κ3) is 0.753. The highest BCUT2D eigenvalue weighted by Crippen LogP contribution is 2.01. The lowest BCUT2D eigenvalue weighted by molar-refractivity contribution is 1.46. The van der Waals surface area contributed by atoms with Crippen molar-refractivity contribution in [3.05, 3.63) is 10.8 Å². The van der Waals surface area contributed by atoms with E-state index in [9.17, 15) is 0 Å². The van der Waals surface area contributed by atoms with Crippen LogP contribution < -0.4 is 0 Å². The van der Waals surface area contributed by atoms with Crippen molar-refractivity contribution >= 4 is 27.7 Å². The van der Waals surface area contributed by atoms with E-state index in [1.807, 2.05) is 0 Å². The van der Waals surface area contributed by atoms with E-state index in [0.717, 1.165) is 4.60 Å². The molecule has 1 rings (SSSR count). The van der Waals surface area contributed by atoms with Crippen LogP contribution in [0.15, 0.2) is 10.8 Å². The van der Waals surface area contributed by atoms with E-state index < -0.39 is 0 Å². The number of aromatic nitrogens is 2. The molecule has 0 bridgehead atoms. The van der Waals surface area contributed by atoms with Gasteiger partial charge in [0.05, 0.1) is 17.9 Å². The first-order valence-corrected chi connectivity index (χ1v) is 2.85. The maximum atomic E-state index is 3.76. The molecule has 1 aromatic rings. The Morgan fingerprint density at radius 2 is 2.67 bits per heavy atom. The molecule has 0 N–H and O–H groups in total. The van der Waals surface area contributed by atoms with Gasteiger partial charge in [0.1, 0.15) is 4.60 Å². The number of halogens is 1. The summed E-state index contributed by atoms with van der Waals surface area (Å²) in [4.78, 5) is 0. The van der Waals surface area contributed by atoms with Crippen LogP contribution in [0.25, 0.3) is 0 Å². The van der Waals surface area contributed by atoms with Gasteiger partial charge < -0.3 is 0 Å². The fraction of sp³-hybridized carbons (Fsp3) is 0. The fourth-order valence-electron chi connectivity index (χ4n) is 0.153. The third-order valence-corrected chi connectivity index (χ3v) is 1.43. The standard InChI is InChI=1S/C2HBrN2S/c3-2-1-4-6-5-2/h1H. The van der Waals surface area contributed by atoms with Crippen molar-refractivity contribution in [1.29, 1.82) is 0 Å². The van der Waals surface area contributed by atoms with E-state index in [-0.39, 0.29) is 0 Å². The molecule has 6 heavy (non-hydrogen) atoms. The van der Waals surface area contributed by atoms with Crippen LogP contribution in [-0.2, 0) is 0 Å². The zero-order valence-corrected chi connectivity index (χ0v) is 5.16. The van der Waals surface area contributed by atoms with Crippen molar-refractivity contribution in [2.24, 2.45) is 0 Å². The van der Waals surface area contributed by atoms with Gasteiger partial charge in [0.2, 0.25) is 0 Å². The Balaban J connectivity index is 3.05. The first-order valence-electron chi connectivity index (χ1n) is 1.32. The normalized spacial score (nSPS) is 8.83. The van der Waals surface area contributed by atoms with Crippen LogP contribution in [0.5, 0.6) is 0 Å². The van der Waals surface area contributed by atoms with Gasteiger partial charge >= 0.3 is 0 Å². The highest BCUT2D eigenvalue weighted by atomic mass is 79.9. The second-order valence-corrected chi connectivity index (χ2v) is 2.10. The van der Waals surface area contributed by atoms with E-state index >= 15 is 0 Å². The van der Waals surface area contributed by atoms with E-state index in [2.05, 4.69) is 24.7 Å². The molecule has 0 aliphatic heterocycles. The van der Waals surface area contributed by atoms with Gasteiger partial charge in [0.15, 0.2) is 0 Å². The van der Waals surface area contributed by atoms with Crippen molar-refractivity contribution < 1.29 is 0 Å². The molecule has 0 amide bonds. The first kappa shape index (κ1) is 4.21. The molecule has 32 valence electrons. The predicted octanol–water partition coefficient (Wildman–Crippen LogP) is 1.30. The SMILES string of the molecule is Brc1cnsn1. The predicted molar refractivity (Wildman–Crippen MR) is 27.6 cm³/mol. The van der Waals surface area contributed by atoms with Crippen molar-refractivity contribution in [3.8, 4) is 0 Å². The van der Waals surface area contributed by atoms with Crippen LogP contribution in [0.3, 0.4) is 0 Å². The molecule has 0 aliphatic rings. The minimum Gasteiger partial charge on any atom is -0.180 e. The average Bonchev–Trinajstić information content (AvgIpc) is 1.86. The summed E-state index contributed by atoms with van der Waals surface area (Å²) in [5.41, 5.74) is 0. The highest BCUT2D eigenvalue weighted by molar-refractivity contribution is 9.10. The van der Waals surface area contributed by atoms with Gasteiger partial charge in [-0.25, -0.2) is 0 Å². The third-order valence-electron chi connectivity index (χ3n) is 0.334. The zero-order chi connectivity index (χ0) is 4.41. The van der Waals surface area contributed by atoms with Crippen molar-refractivity contribution in [1.82, 2.24) is 8.75 Å². The number of rotatable bonds is 0. The van der Waals surface area contributed by atoms with E-state index in [4.69, 9.17) is 0 Å². The van der Waals surface area contributed by atoms with Crippen LogP contribution in [0, 0.1) is 0 Å². The molecular weight excluding hydrogens is 164 g/mol. The van der Waals surface area contributed by atoms with E-state index in [0.29, 0.717) is 0 Å². The summed E-state index contributed by atoms with van der Waals surface area (Å²) in [5.74, 6) is 0. The second kappa shape index (κ2) is 1.66. The fourth-order valence-corrected chi connectivity index (χ4v) is 0.905. The highest BCUT2D eigenvalue weighted by Gasteiger charge is 1.80. The topological polar surface area (TPSA) is 25.8 Å². The van der Waals surface area contributed by atoms with Gasteiger partial charge in [-0.3, -0.25) is 0 Å². The quantitative estimate of drug-likeness (QED) is 0.578. The smallest absolute Gasteiger partial charge is 0.139 e. The van der Waals surface area contributed by atoms with Crippen molar-refractivity contribution in [2.45, 2.75) is 0 Å². The van der Waals surface area contributed by atoms with Crippen LogP contribution >= 0.6 is 27.7 Å². The summed E-state index contributed by atoms with van der Waals surface area (Å²) in [6, 6.07) is 0. The lowest BCUT2D eigenvalue weighted by Gasteiger charge is -1.58. The molecule has 0 aromatic carbocycles. The molecule has 0 saturated carbocycles. The summed E-state index contributed by atoms with van der Waals surface area (Å²) >= 11 is 4.31. The Hall–Kier alpha value is 0.0400. The van der Waals surface area contributed by atoms with Crippen molar-refractivity contribution in [3.63, 3.8) is 0 Å². The molecule has 0 saturated heterocycles. The van der Waals surface area contributed by atoms with Gasteiger partial charge in [-0.1, -0.05) is 0 Å². The molecule has 1 heterocycles. The van der Waals surface area contributed by atoms with Crippen LogP contribution in [-0.4, -0.2) is 8.75 Å². The molecule has 0 spiro atoms. The van der Waals surface area contributed by atoms with Crippen LogP contribution in [0.1, 0.15) is 0 Å². The molecular formula is C2HBrN2S. The van der Waals surface area contributed by atoms with Gasteiger partial charge in [-0.2, -0.15) is 8.75 Å². The van der Waals surface area contributed by atoms with E-state index in [1.54, 1.807) is 6.20 Å². The minimum absolute atomic E-state index is 0.813. The molecule has 0 radical (unpaired) electrons. The lowest BCUT2D eigenvalue weighted by atomic mass is 11.0. The molecule has 2 nitrogen and oxygen atoms in total. The average molecular weight is 165 g/mol. The minimum atomic E-state index is 0.813. The van der Waals surface area contributed by atoms with Gasteiger partial charge in [0, 0.05) is 0 Å². The van der Waals surface area contributed by atoms with Crippen LogP contribution in [0.4, 0.5) is 0 Å². The van der Waals surface area contributed by atoms with Crippen molar-refractivity contribution in [2.75, 3.05) is 0 Å².